The van der Waals surface area contributed by atoms with Gasteiger partial charge in [-0.15, -0.1) is 19.8 Å². The fourth-order valence-corrected chi connectivity index (χ4v) is 3.73. The summed E-state index contributed by atoms with van der Waals surface area (Å²) in [5, 5.41) is 13.5. The quantitative estimate of drug-likeness (QED) is 0.340. The summed E-state index contributed by atoms with van der Waals surface area (Å²) in [5.74, 6) is 0.245. The normalized spacial score (nSPS) is 11.9. The Morgan fingerprint density at radius 1 is 1.06 bits per heavy atom. The van der Waals surface area contributed by atoms with Gasteiger partial charge >= 0.3 is 6.36 Å². The number of nitrogens with zero attached hydrogens (tertiary/aromatic N) is 2. The second-order valence-electron chi connectivity index (χ2n) is 8.96. The van der Waals surface area contributed by atoms with Crippen LogP contribution in [0.2, 0.25) is 0 Å². The van der Waals surface area contributed by atoms with Crippen molar-refractivity contribution in [3.8, 4) is 22.9 Å². The van der Waals surface area contributed by atoms with Crippen molar-refractivity contribution < 1.29 is 23.0 Å². The lowest BCUT2D eigenvalue weighted by Gasteiger charge is -2.27. The fourth-order valence-electron chi connectivity index (χ4n) is 3.73. The Labute approximate surface area is 203 Å². The van der Waals surface area contributed by atoms with E-state index in [1.165, 1.54) is 12.1 Å². The Hall–Kier alpha value is -3.39. The third-order valence-corrected chi connectivity index (χ3v) is 5.78. The van der Waals surface area contributed by atoms with E-state index in [4.69, 9.17) is 0 Å². The van der Waals surface area contributed by atoms with Gasteiger partial charge in [0.2, 0.25) is 0 Å². The highest BCUT2D eigenvalue weighted by Crippen LogP contribution is 2.31. The molecule has 1 heterocycles. The summed E-state index contributed by atoms with van der Waals surface area (Å²) in [6, 6.07) is 9.75. The number of phenolic OH excluding ortho intramolecular Hbond substituents is 1. The predicted molar refractivity (Wildman–Crippen MR) is 130 cm³/mol. The molecule has 0 amide bonds. The maximum atomic E-state index is 12.8. The van der Waals surface area contributed by atoms with Gasteiger partial charge in [0.1, 0.15) is 11.5 Å². The summed E-state index contributed by atoms with van der Waals surface area (Å²) in [7, 11) is 0. The number of hydrogen-bond acceptors (Lipinski definition) is 5. The van der Waals surface area contributed by atoms with Gasteiger partial charge in [0.15, 0.2) is 5.82 Å². The minimum absolute atomic E-state index is 0.234. The first-order valence-corrected chi connectivity index (χ1v) is 11.4. The largest absolute Gasteiger partial charge is 0.573 e. The molecule has 0 aliphatic rings. The standard InChI is InChI=1S/C27H30F3N3O2/c1-5-7-19-12-21(9-11-24(19)34)26(3,4)17-31-16-20-8-10-22(35-27(28,29)30)13-23(20)25-32-14-18(6-2)15-33-25/h5,8-15,31,34H,1,6-7,16-17H2,2-4H3. The van der Waals surface area contributed by atoms with Gasteiger partial charge in [0.05, 0.1) is 0 Å². The Kier molecular flexibility index (Phi) is 8.17. The summed E-state index contributed by atoms with van der Waals surface area (Å²) in [6.45, 7) is 10.8. The predicted octanol–water partition coefficient (Wildman–Crippen LogP) is 6.11. The summed E-state index contributed by atoms with van der Waals surface area (Å²) >= 11 is 0. The van der Waals surface area contributed by atoms with Crippen molar-refractivity contribution in [2.75, 3.05) is 6.54 Å². The molecule has 8 heteroatoms. The van der Waals surface area contributed by atoms with Gasteiger partial charge < -0.3 is 15.2 Å². The van der Waals surface area contributed by atoms with Crippen LogP contribution in [0.3, 0.4) is 0 Å². The van der Waals surface area contributed by atoms with Gasteiger partial charge in [0.25, 0.3) is 0 Å². The third-order valence-electron chi connectivity index (χ3n) is 5.78. The van der Waals surface area contributed by atoms with Crippen molar-refractivity contribution in [3.63, 3.8) is 0 Å². The number of rotatable bonds is 10. The van der Waals surface area contributed by atoms with Gasteiger partial charge in [0, 0.05) is 36.5 Å². The molecule has 0 spiro atoms. The molecule has 0 radical (unpaired) electrons. The van der Waals surface area contributed by atoms with Crippen LogP contribution in [0.5, 0.6) is 11.5 Å². The first-order valence-electron chi connectivity index (χ1n) is 11.4. The molecule has 3 rings (SSSR count). The second-order valence-corrected chi connectivity index (χ2v) is 8.96. The zero-order valence-electron chi connectivity index (χ0n) is 20.1. The molecule has 1 aromatic heterocycles. The Morgan fingerprint density at radius 2 is 1.77 bits per heavy atom. The average Bonchev–Trinajstić information content (AvgIpc) is 2.80. The number of aromatic nitrogens is 2. The molecule has 3 aromatic rings. The summed E-state index contributed by atoms with van der Waals surface area (Å²) in [4.78, 5) is 8.70. The number of nitrogens with one attached hydrogen (secondary N) is 1. The Bertz CT molecular complexity index is 1160. The molecule has 0 unspecified atom stereocenters. The van der Waals surface area contributed by atoms with Crippen LogP contribution < -0.4 is 10.1 Å². The van der Waals surface area contributed by atoms with Gasteiger partial charge in [-0.25, -0.2) is 9.97 Å². The molecule has 0 fully saturated rings. The summed E-state index contributed by atoms with van der Waals surface area (Å²) in [5.41, 5.74) is 3.73. The lowest BCUT2D eigenvalue weighted by atomic mass is 9.83. The van der Waals surface area contributed by atoms with Gasteiger partial charge in [-0.3, -0.25) is 0 Å². The monoisotopic (exact) mass is 485 g/mol. The molecule has 0 bridgehead atoms. The number of hydrogen-bond donors (Lipinski definition) is 2. The average molecular weight is 486 g/mol. The van der Waals surface area contributed by atoms with E-state index in [1.807, 2.05) is 19.1 Å². The van der Waals surface area contributed by atoms with Gasteiger partial charge in [-0.1, -0.05) is 45.0 Å². The topological polar surface area (TPSA) is 67.3 Å². The smallest absolute Gasteiger partial charge is 0.508 e. The minimum Gasteiger partial charge on any atom is -0.508 e. The maximum absolute atomic E-state index is 12.8. The van der Waals surface area contributed by atoms with Crippen molar-refractivity contribution in [2.45, 2.75) is 51.9 Å². The molecular weight excluding hydrogens is 455 g/mol. The van der Waals surface area contributed by atoms with E-state index in [-0.39, 0.29) is 16.9 Å². The molecular formula is C27H30F3N3O2. The van der Waals surface area contributed by atoms with Crippen LogP contribution in [0.15, 0.2) is 61.4 Å². The summed E-state index contributed by atoms with van der Waals surface area (Å²) in [6.07, 6.45) is 1.62. The van der Waals surface area contributed by atoms with Crippen LogP contribution in [0.25, 0.3) is 11.4 Å². The number of aromatic hydroxyl groups is 1. The molecule has 0 aliphatic carbocycles. The van der Waals surface area contributed by atoms with E-state index >= 15 is 0 Å². The molecule has 0 saturated carbocycles. The number of alkyl halides is 3. The molecule has 0 atom stereocenters. The number of aryl methyl sites for hydroxylation is 1. The first kappa shape index (κ1) is 26.2. The van der Waals surface area contributed by atoms with Crippen LogP contribution in [-0.4, -0.2) is 28.0 Å². The van der Waals surface area contributed by atoms with E-state index in [2.05, 4.69) is 40.4 Å². The van der Waals surface area contributed by atoms with Crippen LogP contribution in [0.1, 0.15) is 43.0 Å². The number of benzene rings is 2. The number of halogens is 3. The second kappa shape index (κ2) is 10.9. The lowest BCUT2D eigenvalue weighted by molar-refractivity contribution is -0.274. The lowest BCUT2D eigenvalue weighted by Crippen LogP contribution is -2.32. The van der Waals surface area contributed by atoms with Crippen molar-refractivity contribution in [2.24, 2.45) is 0 Å². The van der Waals surface area contributed by atoms with Crippen molar-refractivity contribution in [3.05, 3.63) is 83.7 Å². The Balaban J connectivity index is 1.82. The van der Waals surface area contributed by atoms with E-state index in [0.717, 1.165) is 28.7 Å². The zero-order valence-corrected chi connectivity index (χ0v) is 20.1. The number of allylic oxidation sites excluding steroid dienone is 1. The first-order chi connectivity index (χ1) is 16.5. The highest BCUT2D eigenvalue weighted by molar-refractivity contribution is 5.62. The minimum atomic E-state index is -4.79. The van der Waals surface area contributed by atoms with Crippen molar-refractivity contribution in [1.82, 2.24) is 15.3 Å². The maximum Gasteiger partial charge on any atom is 0.573 e. The van der Waals surface area contributed by atoms with E-state index in [1.54, 1.807) is 30.6 Å². The molecule has 2 aromatic carbocycles. The Morgan fingerprint density at radius 3 is 2.40 bits per heavy atom. The van der Waals surface area contributed by atoms with E-state index in [0.29, 0.717) is 30.9 Å². The molecule has 0 saturated heterocycles. The van der Waals surface area contributed by atoms with Crippen molar-refractivity contribution >= 4 is 0 Å². The van der Waals surface area contributed by atoms with Gasteiger partial charge in [-0.2, -0.15) is 0 Å². The third kappa shape index (κ3) is 7.05. The van der Waals surface area contributed by atoms with Crippen molar-refractivity contribution in [1.29, 1.82) is 0 Å². The van der Waals surface area contributed by atoms with Gasteiger partial charge in [-0.05, 0) is 53.3 Å². The number of phenols is 1. The summed E-state index contributed by atoms with van der Waals surface area (Å²) < 4.78 is 42.5. The molecule has 186 valence electrons. The highest BCUT2D eigenvalue weighted by Gasteiger charge is 2.31. The van der Waals surface area contributed by atoms with Crippen LogP contribution in [-0.2, 0) is 24.8 Å². The van der Waals surface area contributed by atoms with Crippen LogP contribution in [0.4, 0.5) is 13.2 Å². The van der Waals surface area contributed by atoms with Crippen LogP contribution in [0, 0.1) is 0 Å². The molecule has 0 aliphatic heterocycles. The molecule has 5 nitrogen and oxygen atoms in total. The fraction of sp³-hybridized carbons (Fsp3) is 0.333. The van der Waals surface area contributed by atoms with E-state index < -0.39 is 6.36 Å². The zero-order chi connectivity index (χ0) is 25.6. The molecule has 35 heavy (non-hydrogen) atoms. The van der Waals surface area contributed by atoms with Crippen LogP contribution >= 0.6 is 0 Å². The van der Waals surface area contributed by atoms with E-state index in [9.17, 15) is 18.3 Å². The molecule has 2 N–H and O–H groups in total. The SMILES string of the molecule is C=CCc1cc(C(C)(C)CNCc2ccc(OC(F)(F)F)cc2-c2ncc(CC)cn2)ccc1O. The number of ether oxygens (including phenoxy) is 1. The highest BCUT2D eigenvalue weighted by atomic mass is 19.4.